The molecule has 0 saturated carbocycles. The average molecular weight is 252 g/mol. The van der Waals surface area contributed by atoms with Gasteiger partial charge in [-0.2, -0.15) is 0 Å². The lowest BCUT2D eigenvalue weighted by molar-refractivity contribution is -0.140. The highest BCUT2D eigenvalue weighted by Gasteiger charge is 2.18. The molecule has 1 rings (SSSR count). The highest BCUT2D eigenvalue weighted by atomic mass is 16.4. The first-order valence-electron chi connectivity index (χ1n) is 5.57. The molecule has 0 aliphatic heterocycles. The van der Waals surface area contributed by atoms with Gasteiger partial charge in [-0.3, -0.25) is 0 Å². The van der Waals surface area contributed by atoms with Crippen LogP contribution >= 0.6 is 0 Å². The van der Waals surface area contributed by atoms with Crippen LogP contribution in [0.2, 0.25) is 0 Å². The van der Waals surface area contributed by atoms with E-state index >= 15 is 0 Å². The highest BCUT2D eigenvalue weighted by molar-refractivity contribution is 5.92. The van der Waals surface area contributed by atoms with Crippen molar-refractivity contribution in [2.24, 2.45) is 0 Å². The van der Waals surface area contributed by atoms with E-state index in [0.717, 1.165) is 12.0 Å². The van der Waals surface area contributed by atoms with Gasteiger partial charge in [0.15, 0.2) is 6.04 Å². The number of nitrogens with one attached hydrogen (secondary N) is 2. The topological polar surface area (TPSA) is 98.7 Å². The summed E-state index contributed by atoms with van der Waals surface area (Å²) < 4.78 is 0. The quantitative estimate of drug-likeness (QED) is 0.623. The van der Waals surface area contributed by atoms with Crippen LogP contribution in [0.4, 0.5) is 10.5 Å². The Hall–Kier alpha value is -2.08. The van der Waals surface area contributed by atoms with E-state index in [1.165, 1.54) is 0 Å². The molecule has 0 spiro atoms. The minimum Gasteiger partial charge on any atom is -0.480 e. The first-order valence-corrected chi connectivity index (χ1v) is 5.57. The van der Waals surface area contributed by atoms with Crippen molar-refractivity contribution < 1.29 is 19.8 Å². The Labute approximate surface area is 105 Å². The van der Waals surface area contributed by atoms with Crippen molar-refractivity contribution in [1.82, 2.24) is 5.32 Å². The number of rotatable bonds is 5. The molecule has 2 amide bonds. The summed E-state index contributed by atoms with van der Waals surface area (Å²) >= 11 is 0. The van der Waals surface area contributed by atoms with Crippen molar-refractivity contribution in [1.29, 1.82) is 0 Å². The van der Waals surface area contributed by atoms with Crippen LogP contribution in [0.25, 0.3) is 0 Å². The molecule has 0 aromatic heterocycles. The zero-order valence-corrected chi connectivity index (χ0v) is 10.0. The Bertz CT molecular complexity index is 434. The molecule has 0 fully saturated rings. The van der Waals surface area contributed by atoms with Crippen molar-refractivity contribution in [2.45, 2.75) is 19.4 Å². The third-order valence-electron chi connectivity index (χ3n) is 2.38. The van der Waals surface area contributed by atoms with Gasteiger partial charge in [0.2, 0.25) is 0 Å². The number of carbonyl (C=O) groups is 2. The molecule has 0 aliphatic rings. The van der Waals surface area contributed by atoms with Crippen LogP contribution in [0.5, 0.6) is 0 Å². The summed E-state index contributed by atoms with van der Waals surface area (Å²) in [6, 6.07) is 5.26. The Kier molecular flexibility index (Phi) is 5.13. The maximum absolute atomic E-state index is 11.5. The lowest BCUT2D eigenvalue weighted by Crippen LogP contribution is -2.45. The lowest BCUT2D eigenvalue weighted by Gasteiger charge is -2.13. The number of aliphatic hydroxyl groups is 1. The second-order valence-electron chi connectivity index (χ2n) is 3.73. The monoisotopic (exact) mass is 252 g/mol. The van der Waals surface area contributed by atoms with Gasteiger partial charge in [0, 0.05) is 5.69 Å². The predicted octanol–water partition coefficient (Wildman–Crippen LogP) is 0.816. The largest absolute Gasteiger partial charge is 0.480 e. The van der Waals surface area contributed by atoms with Crippen LogP contribution in [0.15, 0.2) is 24.3 Å². The summed E-state index contributed by atoms with van der Waals surface area (Å²) in [4.78, 5) is 22.1. The smallest absolute Gasteiger partial charge is 0.328 e. The molecule has 6 heteroatoms. The van der Waals surface area contributed by atoms with E-state index in [2.05, 4.69) is 10.6 Å². The van der Waals surface area contributed by atoms with Crippen molar-refractivity contribution in [3.63, 3.8) is 0 Å². The number of anilines is 1. The van der Waals surface area contributed by atoms with E-state index in [-0.39, 0.29) is 0 Å². The van der Waals surface area contributed by atoms with Gasteiger partial charge in [0.05, 0.1) is 6.61 Å². The van der Waals surface area contributed by atoms with Crippen molar-refractivity contribution in [2.75, 3.05) is 11.9 Å². The van der Waals surface area contributed by atoms with Crippen LogP contribution in [0, 0.1) is 0 Å². The Balaban J connectivity index is 2.61. The number of amides is 2. The Morgan fingerprint density at radius 1 is 1.39 bits per heavy atom. The van der Waals surface area contributed by atoms with Gasteiger partial charge in [-0.05, 0) is 24.1 Å². The first-order chi connectivity index (χ1) is 8.56. The van der Waals surface area contributed by atoms with Crippen LogP contribution < -0.4 is 10.6 Å². The number of aliphatic carboxylic acids is 1. The highest BCUT2D eigenvalue weighted by Crippen LogP contribution is 2.10. The summed E-state index contributed by atoms with van der Waals surface area (Å²) in [5, 5.41) is 22.1. The van der Waals surface area contributed by atoms with E-state index in [9.17, 15) is 9.59 Å². The normalized spacial score (nSPS) is 11.7. The third-order valence-corrected chi connectivity index (χ3v) is 2.38. The lowest BCUT2D eigenvalue weighted by atomic mass is 10.1. The summed E-state index contributed by atoms with van der Waals surface area (Å²) in [6.07, 6.45) is 0.839. The van der Waals surface area contributed by atoms with Gasteiger partial charge < -0.3 is 20.8 Å². The van der Waals surface area contributed by atoms with Gasteiger partial charge in [-0.25, -0.2) is 9.59 Å². The standard InChI is InChI=1S/C12H16N2O4/c1-2-8-4-3-5-9(6-8)13-12(18)14-10(7-15)11(16)17/h3-6,10,15H,2,7H2,1H3,(H,16,17)(H2,13,14,18). The number of carbonyl (C=O) groups excluding carboxylic acids is 1. The Morgan fingerprint density at radius 3 is 2.67 bits per heavy atom. The number of hydrogen-bond acceptors (Lipinski definition) is 3. The number of hydrogen-bond donors (Lipinski definition) is 4. The van der Waals surface area contributed by atoms with Gasteiger partial charge in [-0.1, -0.05) is 19.1 Å². The molecule has 98 valence electrons. The zero-order chi connectivity index (χ0) is 13.5. The number of urea groups is 1. The van der Waals surface area contributed by atoms with Crippen molar-refractivity contribution in [3.05, 3.63) is 29.8 Å². The molecule has 1 unspecified atom stereocenters. The van der Waals surface area contributed by atoms with Crippen LogP contribution in [0.1, 0.15) is 12.5 Å². The van der Waals surface area contributed by atoms with E-state index in [4.69, 9.17) is 10.2 Å². The van der Waals surface area contributed by atoms with Gasteiger partial charge in [0.1, 0.15) is 0 Å². The SMILES string of the molecule is CCc1cccc(NC(=O)NC(CO)C(=O)O)c1. The van der Waals surface area contributed by atoms with Crippen LogP contribution in [0.3, 0.4) is 0 Å². The Morgan fingerprint density at radius 2 is 2.11 bits per heavy atom. The summed E-state index contributed by atoms with van der Waals surface area (Å²) in [6.45, 7) is 1.34. The second kappa shape index (κ2) is 6.61. The number of benzene rings is 1. The van der Waals surface area contributed by atoms with Crippen LogP contribution in [-0.4, -0.2) is 34.9 Å². The van der Waals surface area contributed by atoms with E-state index in [1.54, 1.807) is 18.2 Å². The second-order valence-corrected chi connectivity index (χ2v) is 3.73. The van der Waals surface area contributed by atoms with Crippen LogP contribution in [-0.2, 0) is 11.2 Å². The molecule has 1 atom stereocenters. The predicted molar refractivity (Wildman–Crippen MR) is 66.5 cm³/mol. The van der Waals surface area contributed by atoms with Gasteiger partial charge in [0.25, 0.3) is 0 Å². The third kappa shape index (κ3) is 4.06. The molecule has 6 nitrogen and oxygen atoms in total. The molecule has 1 aromatic carbocycles. The number of aliphatic hydroxyl groups excluding tert-OH is 1. The summed E-state index contributed by atoms with van der Waals surface area (Å²) in [7, 11) is 0. The molecule has 1 aromatic rings. The van der Waals surface area contributed by atoms with E-state index in [1.807, 2.05) is 13.0 Å². The molecular formula is C12H16N2O4. The summed E-state index contributed by atoms with van der Waals surface area (Å²) in [5.41, 5.74) is 1.64. The average Bonchev–Trinajstić information content (AvgIpc) is 2.35. The van der Waals surface area contributed by atoms with Crippen molar-refractivity contribution >= 4 is 17.7 Å². The minimum absolute atomic E-state index is 0.578. The fourth-order valence-electron chi connectivity index (χ4n) is 1.38. The zero-order valence-electron chi connectivity index (χ0n) is 10.0. The fourth-order valence-corrected chi connectivity index (χ4v) is 1.38. The molecule has 18 heavy (non-hydrogen) atoms. The molecule has 0 heterocycles. The minimum atomic E-state index is -1.31. The van der Waals surface area contributed by atoms with E-state index < -0.39 is 24.6 Å². The van der Waals surface area contributed by atoms with E-state index in [0.29, 0.717) is 5.69 Å². The molecular weight excluding hydrogens is 236 g/mol. The van der Waals surface area contributed by atoms with Gasteiger partial charge >= 0.3 is 12.0 Å². The molecule has 0 saturated heterocycles. The fraction of sp³-hybridized carbons (Fsp3) is 0.333. The number of carboxylic acid groups (broad SMARTS) is 1. The number of aryl methyl sites for hydroxylation is 1. The maximum atomic E-state index is 11.5. The molecule has 0 bridgehead atoms. The number of carboxylic acids is 1. The molecule has 0 radical (unpaired) electrons. The molecule has 4 N–H and O–H groups in total. The maximum Gasteiger partial charge on any atom is 0.328 e. The van der Waals surface area contributed by atoms with Gasteiger partial charge in [-0.15, -0.1) is 0 Å². The molecule has 0 aliphatic carbocycles. The van der Waals surface area contributed by atoms with Crippen molar-refractivity contribution in [3.8, 4) is 0 Å². The first kappa shape index (κ1) is 14.0. The summed E-state index contributed by atoms with van der Waals surface area (Å²) in [5.74, 6) is -1.28.